The van der Waals surface area contributed by atoms with Gasteiger partial charge >= 0.3 is 0 Å². The largest absolute Gasteiger partial charge is 0.493 e. The first-order valence-electron chi connectivity index (χ1n) is 11.3. The average molecular weight is 457 g/mol. The predicted molar refractivity (Wildman–Crippen MR) is 133 cm³/mol. The second-order valence-corrected chi connectivity index (χ2v) is 9.63. The normalized spacial score (nSPS) is 15.8. The predicted octanol–water partition coefficient (Wildman–Crippen LogP) is 5.30. The third-order valence-electron chi connectivity index (χ3n) is 6.67. The van der Waals surface area contributed by atoms with E-state index in [-0.39, 0.29) is 5.56 Å². The van der Waals surface area contributed by atoms with Crippen molar-refractivity contribution in [2.75, 3.05) is 14.2 Å². The first-order chi connectivity index (χ1) is 16.2. The summed E-state index contributed by atoms with van der Waals surface area (Å²) in [5.41, 5.74) is 5.39. The third-order valence-corrected chi connectivity index (χ3v) is 7.99. The highest BCUT2D eigenvalue weighted by Gasteiger charge is 2.27. The first kappa shape index (κ1) is 20.2. The topological polar surface area (TPSA) is 53.4 Å². The van der Waals surface area contributed by atoms with Gasteiger partial charge in [-0.3, -0.25) is 4.79 Å². The van der Waals surface area contributed by atoms with Crippen molar-refractivity contribution in [3.8, 4) is 11.5 Å². The molecular formula is C27H24N2O3S. The molecular weight excluding hydrogens is 432 g/mol. The quantitative estimate of drug-likeness (QED) is 0.369. The van der Waals surface area contributed by atoms with Crippen LogP contribution in [-0.4, -0.2) is 23.8 Å². The lowest BCUT2D eigenvalue weighted by atomic mass is 9.93. The van der Waals surface area contributed by atoms with Crippen molar-refractivity contribution in [3.63, 3.8) is 0 Å². The average Bonchev–Trinajstić information content (AvgIpc) is 3.25. The van der Waals surface area contributed by atoms with Crippen molar-refractivity contribution in [1.82, 2.24) is 9.55 Å². The molecule has 1 aliphatic carbocycles. The number of aryl methyl sites for hydroxylation is 2. The van der Waals surface area contributed by atoms with Crippen LogP contribution >= 0.6 is 11.3 Å². The van der Waals surface area contributed by atoms with Gasteiger partial charge < -0.3 is 14.0 Å². The van der Waals surface area contributed by atoms with E-state index in [9.17, 15) is 4.79 Å². The molecule has 0 atom stereocenters. The molecule has 33 heavy (non-hydrogen) atoms. The Morgan fingerprint density at radius 2 is 1.85 bits per heavy atom. The molecule has 5 nitrogen and oxygen atoms in total. The van der Waals surface area contributed by atoms with Crippen LogP contribution in [0.5, 0.6) is 11.5 Å². The van der Waals surface area contributed by atoms with Crippen molar-refractivity contribution in [2.45, 2.75) is 32.2 Å². The number of ether oxygens (including phenoxy) is 2. The third kappa shape index (κ3) is 3.20. The summed E-state index contributed by atoms with van der Waals surface area (Å²) in [7, 11) is 3.27. The van der Waals surface area contributed by atoms with Gasteiger partial charge in [-0.15, -0.1) is 11.3 Å². The van der Waals surface area contributed by atoms with E-state index in [0.717, 1.165) is 58.5 Å². The highest BCUT2D eigenvalue weighted by molar-refractivity contribution is 7.18. The molecule has 0 bridgehead atoms. The monoisotopic (exact) mass is 456 g/mol. The maximum atomic E-state index is 13.3. The molecule has 6 heteroatoms. The summed E-state index contributed by atoms with van der Waals surface area (Å²) in [5, 5.41) is 0.836. The summed E-state index contributed by atoms with van der Waals surface area (Å²) in [6, 6.07) is 14.2. The van der Waals surface area contributed by atoms with Crippen LogP contribution in [0.15, 0.2) is 47.3 Å². The molecule has 0 saturated carbocycles. The number of hydrogen-bond acceptors (Lipinski definition) is 5. The lowest BCUT2D eigenvalue weighted by molar-refractivity contribution is 0.355. The molecule has 0 unspecified atom stereocenters. The van der Waals surface area contributed by atoms with Gasteiger partial charge in [0.15, 0.2) is 11.5 Å². The summed E-state index contributed by atoms with van der Waals surface area (Å²) in [6.07, 6.45) is 6.48. The van der Waals surface area contributed by atoms with E-state index in [1.54, 1.807) is 25.6 Å². The van der Waals surface area contributed by atoms with Crippen molar-refractivity contribution in [1.29, 1.82) is 0 Å². The van der Waals surface area contributed by atoms with Crippen LogP contribution in [0.3, 0.4) is 0 Å². The van der Waals surface area contributed by atoms with Crippen LogP contribution in [-0.2, 0) is 19.4 Å². The van der Waals surface area contributed by atoms with E-state index >= 15 is 0 Å². The lowest BCUT2D eigenvalue weighted by Gasteiger charge is -2.24. The summed E-state index contributed by atoms with van der Waals surface area (Å²) < 4.78 is 13.1. The maximum absolute atomic E-state index is 13.3. The van der Waals surface area contributed by atoms with Crippen LogP contribution in [0, 0.1) is 0 Å². The molecule has 2 aliphatic rings. The van der Waals surface area contributed by atoms with Gasteiger partial charge in [0.25, 0.3) is 5.56 Å². The number of methoxy groups -OCH3 is 2. The highest BCUT2D eigenvalue weighted by Crippen LogP contribution is 2.40. The number of fused-ring (bicyclic) bond motifs is 6. The van der Waals surface area contributed by atoms with Crippen molar-refractivity contribution < 1.29 is 9.47 Å². The molecule has 0 fully saturated rings. The fraction of sp³-hybridized carbons (Fsp3) is 0.259. The SMILES string of the molecule is COc1ccc(/C=C2\c3ccccc3Cn3c2nc(=O)c2c4c(sc23)CCCC4)cc1OC. The zero-order valence-corrected chi connectivity index (χ0v) is 19.5. The number of nitrogens with zero attached hydrogens (tertiary/aromatic N) is 2. The molecule has 0 amide bonds. The van der Waals surface area contributed by atoms with Crippen LogP contribution in [0.4, 0.5) is 0 Å². The minimum Gasteiger partial charge on any atom is -0.493 e. The summed E-state index contributed by atoms with van der Waals surface area (Å²) in [5.74, 6) is 2.09. The molecule has 166 valence electrons. The van der Waals surface area contributed by atoms with Crippen LogP contribution in [0.2, 0.25) is 0 Å². The Morgan fingerprint density at radius 1 is 1.03 bits per heavy atom. The standard InChI is InChI=1S/C27H24N2O3S/c1-31-21-12-11-16(14-22(21)32-2)13-20-18-8-4-3-7-17(18)15-29-25(20)28-26(30)24-19-9-5-6-10-23(19)33-27(24)29/h3-4,7-8,11-14H,5-6,9-10,15H2,1-2H3/b20-13+. The molecule has 2 aromatic carbocycles. The van der Waals surface area contributed by atoms with Gasteiger partial charge in [0.1, 0.15) is 10.7 Å². The summed E-state index contributed by atoms with van der Waals surface area (Å²) >= 11 is 1.78. The Bertz CT molecular complexity index is 1500. The van der Waals surface area contributed by atoms with Crippen molar-refractivity contribution >= 4 is 33.2 Å². The Hall–Kier alpha value is -3.38. The molecule has 0 radical (unpaired) electrons. The molecule has 0 saturated heterocycles. The van der Waals surface area contributed by atoms with Crippen LogP contribution < -0.4 is 15.0 Å². The van der Waals surface area contributed by atoms with E-state index < -0.39 is 0 Å². The second kappa shape index (κ2) is 7.89. The van der Waals surface area contributed by atoms with E-state index in [4.69, 9.17) is 9.47 Å². The minimum atomic E-state index is -0.103. The molecule has 6 rings (SSSR count). The molecule has 3 heterocycles. The van der Waals surface area contributed by atoms with Gasteiger partial charge in [-0.25, -0.2) is 0 Å². The molecule has 2 aromatic heterocycles. The van der Waals surface area contributed by atoms with Crippen molar-refractivity contribution in [2.24, 2.45) is 0 Å². The van der Waals surface area contributed by atoms with Crippen LogP contribution in [0.25, 0.3) is 21.9 Å². The van der Waals surface area contributed by atoms with Gasteiger partial charge in [0.05, 0.1) is 26.2 Å². The molecule has 0 N–H and O–H groups in total. The van der Waals surface area contributed by atoms with Gasteiger partial charge in [0.2, 0.25) is 0 Å². The summed E-state index contributed by atoms with van der Waals surface area (Å²) in [4.78, 5) is 20.4. The zero-order chi connectivity index (χ0) is 22.5. The molecule has 0 spiro atoms. The molecule has 1 aliphatic heterocycles. The highest BCUT2D eigenvalue weighted by atomic mass is 32.1. The maximum Gasteiger partial charge on any atom is 0.282 e. The first-order valence-corrected chi connectivity index (χ1v) is 12.1. The van der Waals surface area contributed by atoms with E-state index in [1.807, 2.05) is 24.3 Å². The Balaban J connectivity index is 1.61. The van der Waals surface area contributed by atoms with Gasteiger partial charge in [0, 0.05) is 10.5 Å². The van der Waals surface area contributed by atoms with Gasteiger partial charge in [-0.2, -0.15) is 4.98 Å². The number of hydrogen-bond donors (Lipinski definition) is 0. The number of benzene rings is 2. The number of rotatable bonds is 3. The van der Waals surface area contributed by atoms with Crippen molar-refractivity contribution in [3.05, 3.63) is 85.8 Å². The smallest absolute Gasteiger partial charge is 0.282 e. The summed E-state index contributed by atoms with van der Waals surface area (Å²) in [6.45, 7) is 0.720. The van der Waals surface area contributed by atoms with E-state index in [1.165, 1.54) is 22.4 Å². The molecule has 4 aromatic rings. The fourth-order valence-corrected chi connectivity index (χ4v) is 6.47. The fourth-order valence-electron chi connectivity index (χ4n) is 5.09. The zero-order valence-electron chi connectivity index (χ0n) is 18.7. The van der Waals surface area contributed by atoms with Gasteiger partial charge in [-0.05, 0) is 66.1 Å². The minimum absolute atomic E-state index is 0.103. The van der Waals surface area contributed by atoms with Gasteiger partial charge in [-0.1, -0.05) is 30.3 Å². The van der Waals surface area contributed by atoms with E-state index in [2.05, 4.69) is 33.8 Å². The number of aromatic nitrogens is 2. The second-order valence-electron chi connectivity index (χ2n) is 8.55. The Kier molecular flexibility index (Phi) is 4.84. The van der Waals surface area contributed by atoms with Crippen LogP contribution in [0.1, 0.15) is 45.8 Å². The Morgan fingerprint density at radius 3 is 2.70 bits per heavy atom. The Labute approximate surface area is 195 Å². The lowest BCUT2D eigenvalue weighted by Crippen LogP contribution is -2.23. The van der Waals surface area contributed by atoms with E-state index in [0.29, 0.717) is 11.5 Å². The number of thiophene rings is 1.